The van der Waals surface area contributed by atoms with Gasteiger partial charge in [-0.05, 0) is 43.8 Å². The molecule has 1 aromatic heterocycles. The smallest absolute Gasteiger partial charge is 0.265 e. The van der Waals surface area contributed by atoms with Crippen LogP contribution < -0.4 is 5.73 Å². The SMILES string of the molecule is NCC#Cc1ccsc1C(=O)N1CCC(N2CCCC2)C1. The molecular formula is C16H21N3OS. The number of carbonyl (C=O) groups excluding carboxylic acids is 1. The summed E-state index contributed by atoms with van der Waals surface area (Å²) in [5.74, 6) is 5.97. The van der Waals surface area contributed by atoms with Crippen molar-refractivity contribution < 1.29 is 4.79 Å². The zero-order valence-electron chi connectivity index (χ0n) is 12.2. The minimum absolute atomic E-state index is 0.132. The minimum atomic E-state index is 0.132. The Balaban J connectivity index is 1.67. The molecule has 0 saturated carbocycles. The Hall–Kier alpha value is -1.35. The van der Waals surface area contributed by atoms with Gasteiger partial charge in [0.05, 0.1) is 6.54 Å². The first kappa shape index (κ1) is 14.6. The number of likely N-dealkylation sites (tertiary alicyclic amines) is 2. The number of rotatable bonds is 2. The van der Waals surface area contributed by atoms with Crippen LogP contribution >= 0.6 is 11.3 Å². The molecule has 2 fully saturated rings. The van der Waals surface area contributed by atoms with Gasteiger partial charge in [-0.25, -0.2) is 0 Å². The van der Waals surface area contributed by atoms with Gasteiger partial charge in [0.15, 0.2) is 0 Å². The predicted molar refractivity (Wildman–Crippen MR) is 85.4 cm³/mol. The third kappa shape index (κ3) is 3.13. The summed E-state index contributed by atoms with van der Waals surface area (Å²) in [7, 11) is 0. The van der Waals surface area contributed by atoms with Crippen LogP contribution in [0.5, 0.6) is 0 Å². The first-order valence-corrected chi connectivity index (χ1v) is 8.47. The maximum absolute atomic E-state index is 12.7. The van der Waals surface area contributed by atoms with Gasteiger partial charge in [0.2, 0.25) is 0 Å². The van der Waals surface area contributed by atoms with Gasteiger partial charge in [0.1, 0.15) is 4.88 Å². The number of hydrogen-bond acceptors (Lipinski definition) is 4. The third-order valence-corrected chi connectivity index (χ3v) is 5.19. The summed E-state index contributed by atoms with van der Waals surface area (Å²) in [6.45, 7) is 4.43. The maximum atomic E-state index is 12.7. The van der Waals surface area contributed by atoms with E-state index in [9.17, 15) is 4.79 Å². The Morgan fingerprint density at radius 3 is 2.95 bits per heavy atom. The molecule has 4 nitrogen and oxygen atoms in total. The summed E-state index contributed by atoms with van der Waals surface area (Å²) in [6.07, 6.45) is 3.70. The van der Waals surface area contributed by atoms with Gasteiger partial charge < -0.3 is 10.6 Å². The normalized spacial score (nSPS) is 22.3. The molecule has 0 radical (unpaired) electrons. The third-order valence-electron chi connectivity index (χ3n) is 4.29. The largest absolute Gasteiger partial charge is 0.336 e. The van der Waals surface area contributed by atoms with Gasteiger partial charge in [-0.15, -0.1) is 11.3 Å². The topological polar surface area (TPSA) is 49.6 Å². The molecule has 0 bridgehead atoms. The number of hydrogen-bond donors (Lipinski definition) is 1. The van der Waals surface area contributed by atoms with Crippen LogP contribution in [-0.2, 0) is 0 Å². The highest BCUT2D eigenvalue weighted by Crippen LogP contribution is 2.24. The lowest BCUT2D eigenvalue weighted by Gasteiger charge is -2.23. The summed E-state index contributed by atoms with van der Waals surface area (Å²) < 4.78 is 0. The van der Waals surface area contributed by atoms with E-state index >= 15 is 0 Å². The van der Waals surface area contributed by atoms with Crippen molar-refractivity contribution in [2.24, 2.45) is 5.73 Å². The van der Waals surface area contributed by atoms with Crippen LogP contribution in [-0.4, -0.2) is 54.5 Å². The van der Waals surface area contributed by atoms with Crippen molar-refractivity contribution in [3.63, 3.8) is 0 Å². The molecule has 21 heavy (non-hydrogen) atoms. The van der Waals surface area contributed by atoms with E-state index in [1.165, 1.54) is 37.3 Å². The van der Waals surface area contributed by atoms with Crippen molar-refractivity contribution in [3.05, 3.63) is 21.9 Å². The molecule has 5 heteroatoms. The van der Waals surface area contributed by atoms with E-state index < -0.39 is 0 Å². The van der Waals surface area contributed by atoms with E-state index in [1.807, 2.05) is 16.3 Å². The van der Waals surface area contributed by atoms with E-state index in [-0.39, 0.29) is 5.91 Å². The van der Waals surface area contributed by atoms with E-state index in [1.54, 1.807) is 0 Å². The van der Waals surface area contributed by atoms with Crippen LogP contribution in [0.1, 0.15) is 34.5 Å². The lowest BCUT2D eigenvalue weighted by molar-refractivity contribution is 0.0784. The van der Waals surface area contributed by atoms with Crippen LogP contribution in [0, 0.1) is 11.8 Å². The van der Waals surface area contributed by atoms with E-state index in [0.717, 1.165) is 30.0 Å². The first-order chi connectivity index (χ1) is 10.3. The second-order valence-electron chi connectivity index (χ2n) is 5.61. The van der Waals surface area contributed by atoms with Crippen molar-refractivity contribution in [1.29, 1.82) is 0 Å². The Morgan fingerprint density at radius 2 is 2.19 bits per heavy atom. The van der Waals surface area contributed by atoms with Crippen molar-refractivity contribution >= 4 is 17.2 Å². The maximum Gasteiger partial charge on any atom is 0.265 e. The fourth-order valence-corrected chi connectivity index (χ4v) is 4.01. The summed E-state index contributed by atoms with van der Waals surface area (Å²) in [5.41, 5.74) is 6.23. The summed E-state index contributed by atoms with van der Waals surface area (Å²) in [6, 6.07) is 2.46. The van der Waals surface area contributed by atoms with Gasteiger partial charge >= 0.3 is 0 Å². The molecular weight excluding hydrogens is 282 g/mol. The molecule has 1 amide bonds. The molecule has 1 aromatic rings. The second-order valence-corrected chi connectivity index (χ2v) is 6.52. The van der Waals surface area contributed by atoms with Crippen molar-refractivity contribution in [3.8, 4) is 11.8 Å². The fourth-order valence-electron chi connectivity index (χ4n) is 3.19. The molecule has 0 aromatic carbocycles. The highest BCUT2D eigenvalue weighted by molar-refractivity contribution is 7.12. The van der Waals surface area contributed by atoms with Gasteiger partial charge in [-0.1, -0.05) is 11.8 Å². The summed E-state index contributed by atoms with van der Waals surface area (Å²) in [4.78, 5) is 18.0. The van der Waals surface area contributed by atoms with Crippen LogP contribution in [0.15, 0.2) is 11.4 Å². The number of amides is 1. The Kier molecular flexibility index (Phi) is 4.59. The molecule has 3 heterocycles. The number of thiophene rings is 1. The second kappa shape index (κ2) is 6.61. The van der Waals surface area contributed by atoms with E-state index in [4.69, 9.17) is 5.73 Å². The predicted octanol–water partition coefficient (Wildman–Crippen LogP) is 1.37. The zero-order valence-corrected chi connectivity index (χ0v) is 13.0. The molecule has 0 spiro atoms. The van der Waals surface area contributed by atoms with Crippen LogP contribution in [0.2, 0.25) is 0 Å². The molecule has 2 aliphatic rings. The monoisotopic (exact) mass is 303 g/mol. The lowest BCUT2D eigenvalue weighted by atomic mass is 10.2. The highest BCUT2D eigenvalue weighted by Gasteiger charge is 2.32. The molecule has 0 aliphatic carbocycles. The average Bonchev–Trinajstić information content (AvgIpc) is 3.24. The number of nitrogens with zero attached hydrogens (tertiary/aromatic N) is 2. The van der Waals surface area contributed by atoms with Crippen molar-refractivity contribution in [1.82, 2.24) is 9.80 Å². The molecule has 2 saturated heterocycles. The van der Waals surface area contributed by atoms with Crippen LogP contribution in [0.4, 0.5) is 0 Å². The van der Waals surface area contributed by atoms with Gasteiger partial charge in [-0.3, -0.25) is 9.69 Å². The lowest BCUT2D eigenvalue weighted by Crippen LogP contribution is -2.37. The Bertz CT molecular complexity index is 566. The average molecular weight is 303 g/mol. The Morgan fingerprint density at radius 1 is 1.38 bits per heavy atom. The molecule has 1 atom stereocenters. The Labute approximate surface area is 129 Å². The van der Waals surface area contributed by atoms with E-state index in [0.29, 0.717) is 12.6 Å². The highest BCUT2D eigenvalue weighted by atomic mass is 32.1. The zero-order chi connectivity index (χ0) is 14.7. The number of nitrogens with two attached hydrogens (primary N) is 1. The molecule has 1 unspecified atom stereocenters. The molecule has 3 rings (SSSR count). The molecule has 2 aliphatic heterocycles. The summed E-state index contributed by atoms with van der Waals surface area (Å²) in [5, 5.41) is 1.93. The standard InChI is InChI=1S/C16H21N3OS/c17-7-3-4-13-6-11-21-15(13)16(20)19-10-5-14(12-19)18-8-1-2-9-18/h6,11,14H,1-2,5,7-10,12,17H2. The number of carbonyl (C=O) groups is 1. The van der Waals surface area contributed by atoms with Crippen LogP contribution in [0.3, 0.4) is 0 Å². The first-order valence-electron chi connectivity index (χ1n) is 7.59. The molecule has 2 N–H and O–H groups in total. The van der Waals surface area contributed by atoms with Crippen molar-refractivity contribution in [2.75, 3.05) is 32.7 Å². The van der Waals surface area contributed by atoms with Gasteiger partial charge in [-0.2, -0.15) is 0 Å². The van der Waals surface area contributed by atoms with Gasteiger partial charge in [0.25, 0.3) is 5.91 Å². The molecule has 112 valence electrons. The summed E-state index contributed by atoms with van der Waals surface area (Å²) >= 11 is 1.48. The van der Waals surface area contributed by atoms with Crippen LogP contribution in [0.25, 0.3) is 0 Å². The fraction of sp³-hybridized carbons (Fsp3) is 0.562. The van der Waals surface area contributed by atoms with Gasteiger partial charge in [0, 0.05) is 24.7 Å². The quantitative estimate of drug-likeness (QED) is 0.840. The van der Waals surface area contributed by atoms with E-state index in [2.05, 4.69) is 16.7 Å². The minimum Gasteiger partial charge on any atom is -0.336 e. The van der Waals surface area contributed by atoms with Crippen molar-refractivity contribution in [2.45, 2.75) is 25.3 Å².